The van der Waals surface area contributed by atoms with Gasteiger partial charge in [-0.1, -0.05) is 12.8 Å². The summed E-state index contributed by atoms with van der Waals surface area (Å²) in [5.41, 5.74) is 0. The van der Waals surface area contributed by atoms with E-state index in [-0.39, 0.29) is 17.3 Å². The molecule has 0 unspecified atom stereocenters. The maximum atomic E-state index is 12.3. The van der Waals surface area contributed by atoms with Crippen molar-refractivity contribution in [3.63, 3.8) is 0 Å². The first kappa shape index (κ1) is 17.7. The molecule has 1 aromatic rings. The van der Waals surface area contributed by atoms with E-state index in [2.05, 4.69) is 4.72 Å². The molecule has 0 aromatic heterocycles. The quantitative estimate of drug-likeness (QED) is 0.639. The molecule has 1 aromatic carbocycles. The van der Waals surface area contributed by atoms with Crippen molar-refractivity contribution in [1.29, 1.82) is 0 Å². The minimum atomic E-state index is -3.63. The van der Waals surface area contributed by atoms with Crippen LogP contribution >= 0.6 is 0 Å². The molecular formula is C14H23NO5S. The van der Waals surface area contributed by atoms with Crippen molar-refractivity contribution in [3.05, 3.63) is 18.2 Å². The first-order chi connectivity index (χ1) is 10.0. The van der Waals surface area contributed by atoms with Gasteiger partial charge in [-0.3, -0.25) is 0 Å². The molecule has 0 saturated carbocycles. The van der Waals surface area contributed by atoms with Gasteiger partial charge in [0, 0.05) is 19.2 Å². The average molecular weight is 317 g/mol. The van der Waals surface area contributed by atoms with E-state index in [9.17, 15) is 8.42 Å². The molecular weight excluding hydrogens is 294 g/mol. The Morgan fingerprint density at radius 3 is 2.43 bits per heavy atom. The number of methoxy groups -OCH3 is 2. The highest BCUT2D eigenvalue weighted by atomic mass is 32.2. The fourth-order valence-corrected chi connectivity index (χ4v) is 3.12. The molecule has 0 aliphatic rings. The maximum absolute atomic E-state index is 12.3. The van der Waals surface area contributed by atoms with Gasteiger partial charge in [-0.2, -0.15) is 0 Å². The first-order valence-corrected chi connectivity index (χ1v) is 8.36. The molecule has 21 heavy (non-hydrogen) atoms. The monoisotopic (exact) mass is 317 g/mol. The number of hydrogen-bond acceptors (Lipinski definition) is 5. The van der Waals surface area contributed by atoms with Gasteiger partial charge in [0.1, 0.15) is 16.4 Å². The number of aliphatic hydroxyl groups is 1. The fraction of sp³-hybridized carbons (Fsp3) is 0.571. The minimum absolute atomic E-state index is 0.0692. The molecule has 0 saturated heterocycles. The van der Waals surface area contributed by atoms with Crippen LogP contribution in [0.15, 0.2) is 23.1 Å². The lowest BCUT2D eigenvalue weighted by Crippen LogP contribution is -2.25. The summed E-state index contributed by atoms with van der Waals surface area (Å²) >= 11 is 0. The van der Waals surface area contributed by atoms with Gasteiger partial charge in [0.05, 0.1) is 14.2 Å². The van der Waals surface area contributed by atoms with Crippen LogP contribution in [0.25, 0.3) is 0 Å². The Hall–Kier alpha value is -1.31. The van der Waals surface area contributed by atoms with Gasteiger partial charge in [-0.05, 0) is 25.0 Å². The van der Waals surface area contributed by atoms with Crippen molar-refractivity contribution in [2.75, 3.05) is 27.4 Å². The molecule has 0 bridgehead atoms. The topological polar surface area (TPSA) is 84.9 Å². The summed E-state index contributed by atoms with van der Waals surface area (Å²) in [6, 6.07) is 4.65. The van der Waals surface area contributed by atoms with Crippen LogP contribution in [0.5, 0.6) is 11.5 Å². The largest absolute Gasteiger partial charge is 0.497 e. The Morgan fingerprint density at radius 2 is 1.81 bits per heavy atom. The summed E-state index contributed by atoms with van der Waals surface area (Å²) in [4.78, 5) is 0.0692. The van der Waals surface area contributed by atoms with Crippen LogP contribution in [0.4, 0.5) is 0 Å². The molecule has 0 heterocycles. The molecule has 0 aliphatic heterocycles. The van der Waals surface area contributed by atoms with Crippen LogP contribution in [0, 0.1) is 0 Å². The molecule has 0 aliphatic carbocycles. The zero-order chi connectivity index (χ0) is 15.7. The Balaban J connectivity index is 2.69. The van der Waals surface area contributed by atoms with Crippen LogP contribution in [0.1, 0.15) is 25.7 Å². The second-order valence-electron chi connectivity index (χ2n) is 4.55. The van der Waals surface area contributed by atoms with E-state index in [0.29, 0.717) is 12.3 Å². The average Bonchev–Trinajstić information content (AvgIpc) is 2.50. The summed E-state index contributed by atoms with van der Waals surface area (Å²) in [7, 11) is -0.727. The number of rotatable bonds is 10. The summed E-state index contributed by atoms with van der Waals surface area (Å²) in [5.74, 6) is 0.739. The molecule has 0 radical (unpaired) electrons. The van der Waals surface area contributed by atoms with Crippen molar-refractivity contribution >= 4 is 10.0 Å². The molecule has 0 fully saturated rings. The van der Waals surface area contributed by atoms with Gasteiger partial charge in [-0.15, -0.1) is 0 Å². The lowest BCUT2D eigenvalue weighted by atomic mass is 10.2. The Morgan fingerprint density at radius 1 is 1.10 bits per heavy atom. The van der Waals surface area contributed by atoms with Crippen molar-refractivity contribution < 1.29 is 23.0 Å². The molecule has 6 nitrogen and oxygen atoms in total. The number of ether oxygens (including phenoxy) is 2. The lowest BCUT2D eigenvalue weighted by molar-refractivity contribution is 0.282. The maximum Gasteiger partial charge on any atom is 0.244 e. The third-order valence-corrected chi connectivity index (χ3v) is 4.52. The van der Waals surface area contributed by atoms with E-state index in [4.69, 9.17) is 14.6 Å². The van der Waals surface area contributed by atoms with Gasteiger partial charge in [0.15, 0.2) is 0 Å². The Labute approximate surface area is 126 Å². The van der Waals surface area contributed by atoms with Crippen molar-refractivity contribution in [2.45, 2.75) is 30.6 Å². The normalized spacial score (nSPS) is 11.4. The van der Waals surface area contributed by atoms with Crippen LogP contribution in [-0.2, 0) is 10.0 Å². The second kappa shape index (κ2) is 8.86. The number of hydrogen-bond donors (Lipinski definition) is 2. The Kier molecular flexibility index (Phi) is 7.49. The van der Waals surface area contributed by atoms with Gasteiger partial charge in [0.2, 0.25) is 10.0 Å². The van der Waals surface area contributed by atoms with Crippen molar-refractivity contribution in [2.24, 2.45) is 0 Å². The van der Waals surface area contributed by atoms with Gasteiger partial charge >= 0.3 is 0 Å². The van der Waals surface area contributed by atoms with E-state index in [1.54, 1.807) is 12.1 Å². The van der Waals surface area contributed by atoms with Crippen LogP contribution in [0.2, 0.25) is 0 Å². The van der Waals surface area contributed by atoms with Crippen molar-refractivity contribution in [1.82, 2.24) is 4.72 Å². The number of sulfonamides is 1. The van der Waals surface area contributed by atoms with E-state index >= 15 is 0 Å². The molecule has 1 rings (SSSR count). The number of aliphatic hydroxyl groups excluding tert-OH is 1. The zero-order valence-electron chi connectivity index (χ0n) is 12.5. The highest BCUT2D eigenvalue weighted by molar-refractivity contribution is 7.89. The highest BCUT2D eigenvalue weighted by Crippen LogP contribution is 2.27. The summed E-state index contributed by atoms with van der Waals surface area (Å²) in [6.45, 7) is 0.529. The lowest BCUT2D eigenvalue weighted by Gasteiger charge is -2.12. The zero-order valence-corrected chi connectivity index (χ0v) is 13.3. The SMILES string of the molecule is COc1ccc(OC)c(S(=O)(=O)NCCCCCCO)c1. The molecule has 120 valence electrons. The van der Waals surface area contributed by atoms with E-state index in [1.165, 1.54) is 20.3 Å². The van der Waals surface area contributed by atoms with Gasteiger partial charge in [0.25, 0.3) is 0 Å². The summed E-state index contributed by atoms with van der Waals surface area (Å²) < 4.78 is 37.3. The third-order valence-electron chi connectivity index (χ3n) is 3.04. The van der Waals surface area contributed by atoms with Crippen LogP contribution in [0.3, 0.4) is 0 Å². The second-order valence-corrected chi connectivity index (χ2v) is 6.29. The number of unbranched alkanes of at least 4 members (excludes halogenated alkanes) is 3. The molecule has 0 atom stereocenters. The third kappa shape index (κ3) is 5.53. The standard InChI is InChI=1S/C14H23NO5S/c1-19-12-7-8-13(20-2)14(11-12)21(17,18)15-9-5-3-4-6-10-16/h7-8,11,15-16H,3-6,9-10H2,1-2H3. The van der Waals surface area contributed by atoms with E-state index < -0.39 is 10.0 Å². The van der Waals surface area contributed by atoms with E-state index in [0.717, 1.165) is 25.7 Å². The predicted octanol–water partition coefficient (Wildman–Crippen LogP) is 1.53. The van der Waals surface area contributed by atoms with Crippen molar-refractivity contribution in [3.8, 4) is 11.5 Å². The van der Waals surface area contributed by atoms with Gasteiger partial charge in [-0.25, -0.2) is 13.1 Å². The fourth-order valence-electron chi connectivity index (χ4n) is 1.87. The summed E-state index contributed by atoms with van der Waals surface area (Å²) in [6.07, 6.45) is 3.24. The number of nitrogens with one attached hydrogen (secondary N) is 1. The van der Waals surface area contributed by atoms with Gasteiger partial charge < -0.3 is 14.6 Å². The van der Waals surface area contributed by atoms with Crippen LogP contribution < -0.4 is 14.2 Å². The molecule has 0 amide bonds. The number of benzene rings is 1. The molecule has 7 heteroatoms. The first-order valence-electron chi connectivity index (χ1n) is 6.87. The van der Waals surface area contributed by atoms with E-state index in [1.807, 2.05) is 0 Å². The minimum Gasteiger partial charge on any atom is -0.497 e. The Bertz CT molecular complexity index is 530. The highest BCUT2D eigenvalue weighted by Gasteiger charge is 2.19. The molecule has 0 spiro atoms. The summed E-state index contributed by atoms with van der Waals surface area (Å²) in [5, 5.41) is 8.67. The smallest absolute Gasteiger partial charge is 0.244 e. The molecule has 2 N–H and O–H groups in total. The predicted molar refractivity (Wildman–Crippen MR) is 80.3 cm³/mol. The van der Waals surface area contributed by atoms with Crippen LogP contribution in [-0.4, -0.2) is 40.9 Å².